The Labute approximate surface area is 81.4 Å². The zero-order valence-electron chi connectivity index (χ0n) is 8.05. The maximum absolute atomic E-state index is 5.05. The van der Waals surface area contributed by atoms with Crippen molar-refractivity contribution in [3.05, 3.63) is 12.2 Å². The molecule has 0 radical (unpaired) electrons. The second kappa shape index (κ2) is 6.38. The number of terminal acetylenes is 1. The van der Waals surface area contributed by atoms with E-state index in [1.165, 1.54) is 32.1 Å². The molecule has 68 valence electrons. The van der Waals surface area contributed by atoms with Crippen molar-refractivity contribution in [1.82, 2.24) is 0 Å². The Bertz CT molecular complexity index is 248. The zero-order valence-corrected chi connectivity index (χ0v) is 8.05. The minimum Gasteiger partial charge on any atom is -0.115 e. The van der Waals surface area contributed by atoms with E-state index in [0.29, 0.717) is 0 Å². The van der Waals surface area contributed by atoms with Crippen LogP contribution in [0.5, 0.6) is 0 Å². The predicted octanol–water partition coefficient (Wildman–Crippen LogP) is 3.15. The summed E-state index contributed by atoms with van der Waals surface area (Å²) < 4.78 is 0. The highest BCUT2D eigenvalue weighted by Gasteiger charge is 2.11. The van der Waals surface area contributed by atoms with E-state index in [0.717, 1.165) is 12.3 Å². The first-order chi connectivity index (χ1) is 6.43. The van der Waals surface area contributed by atoms with Crippen LogP contribution in [0.2, 0.25) is 0 Å². The van der Waals surface area contributed by atoms with Crippen LogP contribution in [0.3, 0.4) is 0 Å². The lowest BCUT2D eigenvalue weighted by molar-refractivity contribution is 0.365. The van der Waals surface area contributed by atoms with Gasteiger partial charge in [0, 0.05) is 6.42 Å². The summed E-state index contributed by atoms with van der Waals surface area (Å²) in [6.45, 7) is 0. The Morgan fingerprint density at radius 3 is 2.62 bits per heavy atom. The molecule has 0 N–H and O–H groups in total. The van der Waals surface area contributed by atoms with Gasteiger partial charge in [-0.05, 0) is 30.9 Å². The molecule has 0 heterocycles. The van der Waals surface area contributed by atoms with E-state index in [4.69, 9.17) is 6.42 Å². The highest BCUT2D eigenvalue weighted by atomic mass is 14.2. The summed E-state index contributed by atoms with van der Waals surface area (Å²) in [5.41, 5.74) is 0. The summed E-state index contributed by atoms with van der Waals surface area (Å²) in [5.74, 6) is 9.39. The average molecular weight is 172 g/mol. The summed E-state index contributed by atoms with van der Waals surface area (Å²) in [6.07, 6.45) is 16.4. The van der Waals surface area contributed by atoms with Gasteiger partial charge in [-0.15, -0.1) is 6.42 Å². The van der Waals surface area contributed by atoms with Crippen LogP contribution < -0.4 is 0 Å². The number of hydrogen-bond acceptors (Lipinski definition) is 0. The highest BCUT2D eigenvalue weighted by Crippen LogP contribution is 2.25. The first-order valence-electron chi connectivity index (χ1n) is 5.03. The van der Waals surface area contributed by atoms with E-state index in [2.05, 4.69) is 17.8 Å². The molecule has 1 aliphatic rings. The van der Waals surface area contributed by atoms with Gasteiger partial charge in [-0.3, -0.25) is 0 Å². The van der Waals surface area contributed by atoms with Gasteiger partial charge >= 0.3 is 0 Å². The molecule has 1 fully saturated rings. The van der Waals surface area contributed by atoms with Gasteiger partial charge < -0.3 is 0 Å². The van der Waals surface area contributed by atoms with Crippen LogP contribution in [-0.4, -0.2) is 0 Å². The second-order valence-electron chi connectivity index (χ2n) is 3.53. The molecule has 1 saturated carbocycles. The van der Waals surface area contributed by atoms with E-state index in [1.54, 1.807) is 12.2 Å². The molecule has 13 heavy (non-hydrogen) atoms. The molecule has 0 aliphatic heterocycles. The first-order valence-corrected chi connectivity index (χ1v) is 5.03. The third-order valence-corrected chi connectivity index (χ3v) is 2.48. The van der Waals surface area contributed by atoms with Crippen molar-refractivity contribution >= 4 is 0 Å². The van der Waals surface area contributed by atoms with Crippen LogP contribution in [0.15, 0.2) is 12.2 Å². The monoisotopic (exact) mass is 172 g/mol. The molecule has 0 aromatic rings. The quantitative estimate of drug-likeness (QED) is 0.533. The number of rotatable bonds is 1. The van der Waals surface area contributed by atoms with E-state index < -0.39 is 0 Å². The molecule has 0 spiro atoms. The predicted molar refractivity (Wildman–Crippen MR) is 56.9 cm³/mol. The van der Waals surface area contributed by atoms with E-state index in [-0.39, 0.29) is 0 Å². The Kier molecular flexibility index (Phi) is 4.88. The molecular weight excluding hydrogens is 156 g/mol. The lowest BCUT2D eigenvalue weighted by Gasteiger charge is -2.18. The van der Waals surface area contributed by atoms with Gasteiger partial charge in [0.05, 0.1) is 0 Å². The van der Waals surface area contributed by atoms with Crippen LogP contribution in [0.25, 0.3) is 0 Å². The van der Waals surface area contributed by atoms with Crippen LogP contribution in [-0.2, 0) is 0 Å². The third-order valence-electron chi connectivity index (χ3n) is 2.48. The van der Waals surface area contributed by atoms with Crippen molar-refractivity contribution in [3.8, 4) is 24.2 Å². The van der Waals surface area contributed by atoms with Crippen molar-refractivity contribution < 1.29 is 0 Å². The van der Waals surface area contributed by atoms with Gasteiger partial charge in [0.1, 0.15) is 0 Å². The number of allylic oxidation sites excluding steroid dienone is 2. The lowest BCUT2D eigenvalue weighted by Crippen LogP contribution is -2.04. The normalized spacial score (nSPS) is 17.8. The average Bonchev–Trinajstić information content (AvgIpc) is 2.19. The molecule has 1 rings (SSSR count). The van der Waals surface area contributed by atoms with Crippen molar-refractivity contribution in [2.24, 2.45) is 5.92 Å². The Morgan fingerprint density at radius 2 is 1.92 bits per heavy atom. The summed E-state index contributed by atoms with van der Waals surface area (Å²) in [4.78, 5) is 0. The molecule has 0 aromatic carbocycles. The second-order valence-corrected chi connectivity index (χ2v) is 3.53. The van der Waals surface area contributed by atoms with Gasteiger partial charge in [-0.1, -0.05) is 37.0 Å². The molecule has 0 aromatic heterocycles. The molecule has 0 saturated heterocycles. The van der Waals surface area contributed by atoms with E-state index in [9.17, 15) is 0 Å². The van der Waals surface area contributed by atoms with Crippen molar-refractivity contribution in [2.45, 2.75) is 38.5 Å². The van der Waals surface area contributed by atoms with Crippen molar-refractivity contribution in [3.63, 3.8) is 0 Å². The fourth-order valence-corrected chi connectivity index (χ4v) is 1.74. The minimum absolute atomic E-state index is 0.848. The first kappa shape index (κ1) is 9.94. The molecule has 0 amide bonds. The summed E-state index contributed by atoms with van der Waals surface area (Å²) in [6, 6.07) is 0. The summed E-state index contributed by atoms with van der Waals surface area (Å²) in [7, 11) is 0. The molecule has 0 unspecified atom stereocenters. The highest BCUT2D eigenvalue weighted by molar-refractivity contribution is 5.22. The van der Waals surface area contributed by atoms with Gasteiger partial charge in [-0.25, -0.2) is 0 Å². The molecule has 0 bridgehead atoms. The zero-order chi connectivity index (χ0) is 9.36. The fourth-order valence-electron chi connectivity index (χ4n) is 1.74. The van der Waals surface area contributed by atoms with Crippen molar-refractivity contribution in [2.75, 3.05) is 0 Å². The largest absolute Gasteiger partial charge is 0.115 e. The lowest BCUT2D eigenvalue weighted by atomic mass is 9.87. The van der Waals surface area contributed by atoms with Crippen molar-refractivity contribution in [1.29, 1.82) is 0 Å². The fraction of sp³-hybridized carbons (Fsp3) is 0.538. The maximum Gasteiger partial charge on any atom is 0.0121 e. The minimum atomic E-state index is 0.848. The molecule has 0 heteroatoms. The third kappa shape index (κ3) is 4.44. The van der Waals surface area contributed by atoms with E-state index in [1.807, 2.05) is 0 Å². The van der Waals surface area contributed by atoms with Crippen LogP contribution in [0.1, 0.15) is 38.5 Å². The standard InChI is InChI=1S/C13H16/c1-2-3-4-5-7-10-13-11-8-6-9-12-13/h1,3-4,13H,6,8-12H2/b4-3-. The van der Waals surface area contributed by atoms with Gasteiger partial charge in [0.15, 0.2) is 0 Å². The molecule has 0 nitrogen and oxygen atoms in total. The topological polar surface area (TPSA) is 0 Å². The summed E-state index contributed by atoms with van der Waals surface area (Å²) in [5, 5.41) is 0. The smallest absolute Gasteiger partial charge is 0.0121 e. The molecule has 0 atom stereocenters. The Balaban J connectivity index is 2.19. The summed E-state index contributed by atoms with van der Waals surface area (Å²) >= 11 is 0. The van der Waals surface area contributed by atoms with E-state index >= 15 is 0 Å². The SMILES string of the molecule is C#C/C=C\C#CCC1CCCCC1. The van der Waals surface area contributed by atoms with Gasteiger partial charge in [0.2, 0.25) is 0 Å². The van der Waals surface area contributed by atoms with Crippen LogP contribution >= 0.6 is 0 Å². The Morgan fingerprint density at radius 1 is 1.15 bits per heavy atom. The van der Waals surface area contributed by atoms with Gasteiger partial charge in [-0.2, -0.15) is 0 Å². The van der Waals surface area contributed by atoms with Gasteiger partial charge in [0.25, 0.3) is 0 Å². The molecular formula is C13H16. The maximum atomic E-state index is 5.05. The van der Waals surface area contributed by atoms with Crippen LogP contribution in [0, 0.1) is 30.1 Å². The number of hydrogen-bond donors (Lipinski definition) is 0. The molecule has 1 aliphatic carbocycles. The van der Waals surface area contributed by atoms with Crippen LogP contribution in [0.4, 0.5) is 0 Å². The Hall–Kier alpha value is -1.14.